The molecule has 1 aromatic heterocycles. The van der Waals surface area contributed by atoms with Gasteiger partial charge in [-0.25, -0.2) is 14.2 Å². The fraction of sp³-hybridized carbons (Fsp3) is 0.143. The Hall–Kier alpha value is -2.43. The molecule has 0 aliphatic rings. The first-order valence-electron chi connectivity index (χ1n) is 5.81. The number of nitrogen functional groups attached to an aromatic ring is 1. The Morgan fingerprint density at radius 2 is 2.16 bits per heavy atom. The van der Waals surface area contributed by atoms with Gasteiger partial charge in [0.25, 0.3) is 0 Å². The minimum Gasteiger partial charge on any atom is -0.462 e. The van der Waals surface area contributed by atoms with Gasteiger partial charge in [-0.05, 0) is 19.1 Å². The lowest BCUT2D eigenvalue weighted by Crippen LogP contribution is -2.09. The van der Waals surface area contributed by atoms with Crippen molar-refractivity contribution in [1.82, 2.24) is 4.98 Å². The minimum atomic E-state index is -0.564. The molecular weight excluding hydrogens is 247 g/mol. The molecule has 0 spiro atoms. The van der Waals surface area contributed by atoms with E-state index in [-0.39, 0.29) is 23.8 Å². The topological polar surface area (TPSA) is 65.2 Å². The molecule has 0 fully saturated rings. The van der Waals surface area contributed by atoms with E-state index in [4.69, 9.17) is 10.5 Å². The molecule has 2 rings (SSSR count). The van der Waals surface area contributed by atoms with Crippen molar-refractivity contribution in [2.45, 2.75) is 6.92 Å². The zero-order chi connectivity index (χ0) is 13.8. The third-order valence-corrected chi connectivity index (χ3v) is 2.60. The third kappa shape index (κ3) is 2.70. The van der Waals surface area contributed by atoms with Crippen LogP contribution in [0, 0.1) is 5.82 Å². The van der Waals surface area contributed by atoms with Gasteiger partial charge in [-0.15, -0.1) is 0 Å². The van der Waals surface area contributed by atoms with Gasteiger partial charge in [-0.1, -0.05) is 18.2 Å². The average molecular weight is 260 g/mol. The normalized spacial score (nSPS) is 10.2. The van der Waals surface area contributed by atoms with Gasteiger partial charge < -0.3 is 10.5 Å². The number of anilines is 1. The largest absolute Gasteiger partial charge is 0.462 e. The number of aromatic nitrogens is 1. The zero-order valence-electron chi connectivity index (χ0n) is 10.4. The van der Waals surface area contributed by atoms with Crippen LogP contribution in [0.15, 0.2) is 36.5 Å². The van der Waals surface area contributed by atoms with Crippen LogP contribution in [0.25, 0.3) is 11.1 Å². The highest BCUT2D eigenvalue weighted by molar-refractivity contribution is 5.95. The Bertz CT molecular complexity index is 614. The fourth-order valence-electron chi connectivity index (χ4n) is 1.69. The van der Waals surface area contributed by atoms with Gasteiger partial charge in [0.1, 0.15) is 17.2 Å². The van der Waals surface area contributed by atoms with E-state index >= 15 is 0 Å². The lowest BCUT2D eigenvalue weighted by molar-refractivity contribution is 0.0527. The average Bonchev–Trinajstić information content (AvgIpc) is 2.40. The Labute approximate surface area is 110 Å². The van der Waals surface area contributed by atoms with E-state index < -0.39 is 5.97 Å². The molecule has 98 valence electrons. The molecule has 0 aliphatic carbocycles. The van der Waals surface area contributed by atoms with Crippen LogP contribution in [0.2, 0.25) is 0 Å². The molecule has 19 heavy (non-hydrogen) atoms. The van der Waals surface area contributed by atoms with Crippen LogP contribution in [-0.4, -0.2) is 17.6 Å². The monoisotopic (exact) mass is 260 g/mol. The van der Waals surface area contributed by atoms with E-state index in [0.29, 0.717) is 11.1 Å². The first-order chi connectivity index (χ1) is 9.13. The summed E-state index contributed by atoms with van der Waals surface area (Å²) in [5.74, 6) is -0.881. The molecule has 0 atom stereocenters. The van der Waals surface area contributed by atoms with Gasteiger partial charge >= 0.3 is 5.97 Å². The van der Waals surface area contributed by atoms with E-state index in [9.17, 15) is 9.18 Å². The first-order valence-corrected chi connectivity index (χ1v) is 5.81. The lowest BCUT2D eigenvalue weighted by atomic mass is 10.1. The molecule has 0 amide bonds. The summed E-state index contributed by atoms with van der Waals surface area (Å²) in [5, 5.41) is 0. The van der Waals surface area contributed by atoms with Crippen LogP contribution in [0.5, 0.6) is 0 Å². The van der Waals surface area contributed by atoms with Crippen molar-refractivity contribution in [2.24, 2.45) is 0 Å². The Kier molecular flexibility index (Phi) is 3.75. The summed E-state index contributed by atoms with van der Waals surface area (Å²) >= 11 is 0. The van der Waals surface area contributed by atoms with Crippen LogP contribution in [0.1, 0.15) is 17.3 Å². The second-order valence-electron chi connectivity index (χ2n) is 3.86. The number of ether oxygens (including phenoxy) is 1. The van der Waals surface area contributed by atoms with E-state index in [1.54, 1.807) is 25.1 Å². The van der Waals surface area contributed by atoms with E-state index in [2.05, 4.69) is 4.98 Å². The summed E-state index contributed by atoms with van der Waals surface area (Å²) in [5.41, 5.74) is 6.62. The second kappa shape index (κ2) is 5.48. The van der Waals surface area contributed by atoms with Crippen LogP contribution in [-0.2, 0) is 4.74 Å². The molecule has 1 heterocycles. The number of hydrogen-bond donors (Lipinski definition) is 1. The summed E-state index contributed by atoms with van der Waals surface area (Å²) < 4.78 is 18.6. The van der Waals surface area contributed by atoms with Crippen molar-refractivity contribution in [2.75, 3.05) is 12.3 Å². The number of carbonyl (C=O) groups is 1. The summed E-state index contributed by atoms with van der Waals surface area (Å²) in [4.78, 5) is 15.6. The number of hydrogen-bond acceptors (Lipinski definition) is 4. The molecule has 2 N–H and O–H groups in total. The molecule has 0 bridgehead atoms. The van der Waals surface area contributed by atoms with Crippen molar-refractivity contribution in [3.05, 3.63) is 47.9 Å². The van der Waals surface area contributed by atoms with Crippen LogP contribution in [0.4, 0.5) is 10.2 Å². The van der Waals surface area contributed by atoms with Crippen molar-refractivity contribution in [3.63, 3.8) is 0 Å². The highest BCUT2D eigenvalue weighted by Crippen LogP contribution is 2.24. The molecule has 0 radical (unpaired) electrons. The van der Waals surface area contributed by atoms with Gasteiger partial charge in [0.2, 0.25) is 0 Å². The first kappa shape index (κ1) is 13.0. The molecule has 1 aromatic carbocycles. The maximum atomic E-state index is 13.7. The van der Waals surface area contributed by atoms with Crippen LogP contribution in [0.3, 0.4) is 0 Å². The number of benzene rings is 1. The van der Waals surface area contributed by atoms with Gasteiger partial charge in [0.05, 0.1) is 6.61 Å². The predicted molar refractivity (Wildman–Crippen MR) is 70.0 cm³/mol. The van der Waals surface area contributed by atoms with E-state index in [1.165, 1.54) is 18.3 Å². The Morgan fingerprint density at radius 1 is 1.42 bits per heavy atom. The molecule has 2 aromatic rings. The molecule has 0 unspecified atom stereocenters. The van der Waals surface area contributed by atoms with Gasteiger partial charge in [0.15, 0.2) is 0 Å². The molecular formula is C14H13FN2O2. The SMILES string of the molecule is CCOC(=O)c1cc(-c2ccccc2F)cnc1N. The number of esters is 1. The van der Waals surface area contributed by atoms with E-state index in [1.807, 2.05) is 0 Å². The predicted octanol–water partition coefficient (Wildman–Crippen LogP) is 2.65. The smallest absolute Gasteiger partial charge is 0.341 e. The quantitative estimate of drug-likeness (QED) is 0.861. The highest BCUT2D eigenvalue weighted by Gasteiger charge is 2.14. The van der Waals surface area contributed by atoms with Gasteiger partial charge in [-0.2, -0.15) is 0 Å². The molecule has 4 nitrogen and oxygen atoms in total. The molecule has 0 aliphatic heterocycles. The Balaban J connectivity index is 2.47. The highest BCUT2D eigenvalue weighted by atomic mass is 19.1. The molecule has 5 heteroatoms. The fourth-order valence-corrected chi connectivity index (χ4v) is 1.69. The lowest BCUT2D eigenvalue weighted by Gasteiger charge is -2.08. The number of nitrogens with zero attached hydrogens (tertiary/aromatic N) is 1. The van der Waals surface area contributed by atoms with Crippen LogP contribution >= 0.6 is 0 Å². The zero-order valence-corrected chi connectivity index (χ0v) is 10.4. The second-order valence-corrected chi connectivity index (χ2v) is 3.86. The molecule has 0 saturated heterocycles. The van der Waals surface area contributed by atoms with Gasteiger partial charge in [-0.3, -0.25) is 0 Å². The number of halogens is 1. The van der Waals surface area contributed by atoms with Gasteiger partial charge in [0, 0.05) is 17.3 Å². The summed E-state index contributed by atoms with van der Waals surface area (Å²) in [6, 6.07) is 7.74. The van der Waals surface area contributed by atoms with Crippen LogP contribution < -0.4 is 5.73 Å². The maximum Gasteiger partial charge on any atom is 0.341 e. The third-order valence-electron chi connectivity index (χ3n) is 2.60. The Morgan fingerprint density at radius 3 is 2.84 bits per heavy atom. The van der Waals surface area contributed by atoms with Crippen molar-refractivity contribution < 1.29 is 13.9 Å². The minimum absolute atomic E-state index is 0.0681. The molecule has 0 saturated carbocycles. The van der Waals surface area contributed by atoms with Crippen molar-refractivity contribution in [3.8, 4) is 11.1 Å². The number of nitrogens with two attached hydrogens (primary N) is 1. The number of carbonyl (C=O) groups excluding carboxylic acids is 1. The summed E-state index contributed by atoms with van der Waals surface area (Å²) in [6.07, 6.45) is 1.43. The number of rotatable bonds is 3. The summed E-state index contributed by atoms with van der Waals surface area (Å²) in [7, 11) is 0. The number of pyridine rings is 1. The standard InChI is InChI=1S/C14H13FN2O2/c1-2-19-14(18)11-7-9(8-17-13(11)16)10-5-3-4-6-12(10)15/h3-8H,2H2,1H3,(H2,16,17). The van der Waals surface area contributed by atoms with E-state index in [0.717, 1.165) is 0 Å². The summed E-state index contributed by atoms with van der Waals surface area (Å²) in [6.45, 7) is 1.93. The maximum absolute atomic E-state index is 13.7. The van der Waals surface area contributed by atoms with Crippen molar-refractivity contribution >= 4 is 11.8 Å². The van der Waals surface area contributed by atoms with Crippen molar-refractivity contribution in [1.29, 1.82) is 0 Å².